The molecule has 0 heterocycles. The van der Waals surface area contributed by atoms with E-state index in [0.29, 0.717) is 0 Å². The standard InChI is InChI=1S/C10H15.C6H7.Zr/c1-6-7(2)9(4)10(5)8(6)3;1-6-4-2-3-5-6;/h1-5H3;2-5H,1H3;/q2*-1;+2. The molecular formula is C16H22Zr. The Balaban J connectivity index is 0.000000316. The average molecular weight is 306 g/mol. The van der Waals surface area contributed by atoms with Crippen molar-refractivity contribution in [1.82, 2.24) is 0 Å². The van der Waals surface area contributed by atoms with Gasteiger partial charge in [-0.2, -0.15) is 45.5 Å². The van der Waals surface area contributed by atoms with Crippen molar-refractivity contribution in [3.05, 3.63) is 57.6 Å². The third-order valence-electron chi connectivity index (χ3n) is 3.64. The van der Waals surface area contributed by atoms with E-state index in [2.05, 4.69) is 53.7 Å². The molecule has 0 aromatic heterocycles. The number of hydrogen-bond donors (Lipinski definition) is 0. The summed E-state index contributed by atoms with van der Waals surface area (Å²) in [5.74, 6) is 0. The van der Waals surface area contributed by atoms with Crippen LogP contribution in [-0.2, 0) is 26.2 Å². The second-order valence-electron chi connectivity index (χ2n) is 4.59. The van der Waals surface area contributed by atoms with Crippen LogP contribution in [0.15, 0.2) is 24.3 Å². The summed E-state index contributed by atoms with van der Waals surface area (Å²) >= 11 is 0. The summed E-state index contributed by atoms with van der Waals surface area (Å²) in [6, 6.07) is 8.24. The first-order valence-corrected chi connectivity index (χ1v) is 5.83. The Morgan fingerprint density at radius 2 is 1.12 bits per heavy atom. The first-order valence-electron chi connectivity index (χ1n) is 5.83. The van der Waals surface area contributed by atoms with E-state index in [0.717, 1.165) is 0 Å². The third kappa shape index (κ3) is 4.07. The van der Waals surface area contributed by atoms with E-state index in [1.54, 1.807) is 0 Å². The van der Waals surface area contributed by atoms with E-state index >= 15 is 0 Å². The third-order valence-corrected chi connectivity index (χ3v) is 3.64. The van der Waals surface area contributed by atoms with Gasteiger partial charge in [-0.05, 0) is 0 Å². The minimum atomic E-state index is 0. The molecule has 1 heteroatoms. The van der Waals surface area contributed by atoms with Gasteiger partial charge in [0.1, 0.15) is 0 Å². The predicted octanol–water partition coefficient (Wildman–Crippen LogP) is 4.66. The van der Waals surface area contributed by atoms with E-state index in [-0.39, 0.29) is 26.2 Å². The fourth-order valence-corrected chi connectivity index (χ4v) is 1.88. The summed E-state index contributed by atoms with van der Waals surface area (Å²) in [4.78, 5) is 0. The maximum Gasteiger partial charge on any atom is 2.00 e. The zero-order valence-corrected chi connectivity index (χ0v) is 14.3. The van der Waals surface area contributed by atoms with Gasteiger partial charge in [-0.1, -0.05) is 41.5 Å². The fourth-order valence-electron chi connectivity index (χ4n) is 1.88. The largest absolute Gasteiger partial charge is 2.00 e. The van der Waals surface area contributed by atoms with Gasteiger partial charge in [0, 0.05) is 0 Å². The second-order valence-corrected chi connectivity index (χ2v) is 4.59. The summed E-state index contributed by atoms with van der Waals surface area (Å²) in [6.07, 6.45) is 0. The van der Waals surface area contributed by atoms with Crippen molar-refractivity contribution in [2.75, 3.05) is 0 Å². The van der Waals surface area contributed by atoms with Crippen LogP contribution in [0.2, 0.25) is 0 Å². The molecule has 0 aliphatic carbocycles. The van der Waals surface area contributed by atoms with E-state index < -0.39 is 0 Å². The maximum absolute atomic E-state index is 2.20. The van der Waals surface area contributed by atoms with Crippen LogP contribution in [0.3, 0.4) is 0 Å². The second kappa shape index (κ2) is 7.11. The van der Waals surface area contributed by atoms with Gasteiger partial charge in [0.15, 0.2) is 0 Å². The first kappa shape index (κ1) is 16.6. The Hall–Kier alpha value is -0.417. The monoisotopic (exact) mass is 304 g/mol. The van der Waals surface area contributed by atoms with Gasteiger partial charge in [0.2, 0.25) is 0 Å². The molecule has 0 saturated heterocycles. The van der Waals surface area contributed by atoms with E-state index in [1.165, 1.54) is 33.4 Å². The molecule has 0 saturated carbocycles. The quantitative estimate of drug-likeness (QED) is 0.621. The molecule has 0 bridgehead atoms. The molecule has 0 atom stereocenters. The zero-order chi connectivity index (χ0) is 12.3. The molecule has 0 amide bonds. The molecule has 0 aliphatic heterocycles. The Bertz CT molecular complexity index is 364. The van der Waals surface area contributed by atoms with Crippen LogP contribution in [0.25, 0.3) is 0 Å². The van der Waals surface area contributed by atoms with Crippen molar-refractivity contribution < 1.29 is 26.2 Å². The molecule has 0 N–H and O–H groups in total. The number of rotatable bonds is 0. The summed E-state index contributed by atoms with van der Waals surface area (Å²) in [5, 5.41) is 0. The Morgan fingerprint density at radius 3 is 1.24 bits per heavy atom. The molecule has 2 rings (SSSR count). The van der Waals surface area contributed by atoms with Crippen LogP contribution < -0.4 is 0 Å². The Labute approximate surface area is 125 Å². The van der Waals surface area contributed by atoms with Crippen LogP contribution in [0.5, 0.6) is 0 Å². The molecule has 0 aliphatic rings. The average Bonchev–Trinajstić information content (AvgIpc) is 2.80. The van der Waals surface area contributed by atoms with Crippen LogP contribution in [0.4, 0.5) is 0 Å². The zero-order valence-electron chi connectivity index (χ0n) is 11.8. The topological polar surface area (TPSA) is 0 Å². The molecule has 0 fully saturated rings. The van der Waals surface area contributed by atoms with Crippen LogP contribution >= 0.6 is 0 Å². The van der Waals surface area contributed by atoms with Crippen molar-refractivity contribution in [2.45, 2.75) is 41.5 Å². The molecule has 0 radical (unpaired) electrons. The SMILES string of the molecule is C[c-]1cccc1.Cc1c(C)c(C)[c-](C)c1C.[Zr+2]. The van der Waals surface area contributed by atoms with Crippen LogP contribution in [0, 0.1) is 41.5 Å². The predicted molar refractivity (Wildman–Crippen MR) is 72.5 cm³/mol. The van der Waals surface area contributed by atoms with Crippen molar-refractivity contribution in [1.29, 1.82) is 0 Å². The molecule has 2 aromatic rings. The molecule has 0 unspecified atom stereocenters. The van der Waals surface area contributed by atoms with Crippen molar-refractivity contribution in [2.24, 2.45) is 0 Å². The summed E-state index contributed by atoms with van der Waals surface area (Å²) in [6.45, 7) is 13.1. The van der Waals surface area contributed by atoms with Crippen LogP contribution in [-0.4, -0.2) is 0 Å². The van der Waals surface area contributed by atoms with Gasteiger partial charge in [-0.25, -0.2) is 12.1 Å². The Kier molecular flexibility index (Phi) is 6.94. The van der Waals surface area contributed by atoms with Gasteiger partial charge in [0.05, 0.1) is 0 Å². The summed E-state index contributed by atoms with van der Waals surface area (Å²) in [5.41, 5.74) is 8.68. The summed E-state index contributed by atoms with van der Waals surface area (Å²) in [7, 11) is 0. The van der Waals surface area contributed by atoms with Crippen molar-refractivity contribution in [3.63, 3.8) is 0 Å². The maximum atomic E-state index is 2.20. The molecular weight excluding hydrogens is 283 g/mol. The van der Waals surface area contributed by atoms with Crippen LogP contribution in [0.1, 0.15) is 33.4 Å². The van der Waals surface area contributed by atoms with Gasteiger partial charge in [-0.3, -0.25) is 0 Å². The minimum absolute atomic E-state index is 0. The molecule has 0 nitrogen and oxygen atoms in total. The van der Waals surface area contributed by atoms with Gasteiger partial charge >= 0.3 is 26.2 Å². The molecule has 0 spiro atoms. The normalized spacial score (nSPS) is 9.29. The number of hydrogen-bond acceptors (Lipinski definition) is 0. The first-order chi connectivity index (χ1) is 7.45. The summed E-state index contributed by atoms with van der Waals surface area (Å²) < 4.78 is 0. The van der Waals surface area contributed by atoms with Crippen molar-refractivity contribution in [3.8, 4) is 0 Å². The van der Waals surface area contributed by atoms with E-state index in [9.17, 15) is 0 Å². The van der Waals surface area contributed by atoms with Gasteiger partial charge < -0.3 is 0 Å². The Morgan fingerprint density at radius 1 is 0.765 bits per heavy atom. The molecule has 17 heavy (non-hydrogen) atoms. The van der Waals surface area contributed by atoms with Gasteiger partial charge in [-0.15, -0.1) is 0 Å². The number of aryl methyl sites for hydroxylation is 1. The smallest absolute Gasteiger partial charge is 0.213 e. The van der Waals surface area contributed by atoms with E-state index in [4.69, 9.17) is 0 Å². The van der Waals surface area contributed by atoms with Crippen molar-refractivity contribution >= 4 is 0 Å². The molecule has 90 valence electrons. The van der Waals surface area contributed by atoms with E-state index in [1.807, 2.05) is 12.1 Å². The minimum Gasteiger partial charge on any atom is -0.213 e. The fraction of sp³-hybridized carbons (Fsp3) is 0.375. The van der Waals surface area contributed by atoms with Gasteiger partial charge in [0.25, 0.3) is 0 Å². The molecule has 2 aromatic carbocycles.